The molecule has 106 valence electrons. The molecular weight excluding hydrogens is 234 g/mol. The van der Waals surface area contributed by atoms with E-state index in [1.165, 1.54) is 30.4 Å². The minimum atomic E-state index is 0.234. The van der Waals surface area contributed by atoms with Gasteiger partial charge >= 0.3 is 0 Å². The van der Waals surface area contributed by atoms with Gasteiger partial charge < -0.3 is 10.1 Å². The summed E-state index contributed by atoms with van der Waals surface area (Å²) in [6.07, 6.45) is 5.62. The van der Waals surface area contributed by atoms with Crippen molar-refractivity contribution in [2.75, 3.05) is 6.54 Å². The quantitative estimate of drug-likeness (QED) is 0.805. The summed E-state index contributed by atoms with van der Waals surface area (Å²) in [5, 5.41) is 3.56. The van der Waals surface area contributed by atoms with Gasteiger partial charge in [-0.15, -0.1) is 0 Å². The maximum Gasteiger partial charge on any atom is 0.0745 e. The van der Waals surface area contributed by atoms with Crippen LogP contribution < -0.4 is 5.32 Å². The summed E-state index contributed by atoms with van der Waals surface area (Å²) < 4.78 is 6.15. The van der Waals surface area contributed by atoms with Crippen molar-refractivity contribution < 1.29 is 4.74 Å². The van der Waals surface area contributed by atoms with Crippen LogP contribution in [-0.4, -0.2) is 18.8 Å². The first-order chi connectivity index (χ1) is 9.24. The Morgan fingerprint density at radius 1 is 1.21 bits per heavy atom. The maximum absolute atomic E-state index is 6.15. The largest absolute Gasteiger partial charge is 0.373 e. The minimum absolute atomic E-state index is 0.234. The lowest BCUT2D eigenvalue weighted by molar-refractivity contribution is -0.0581. The van der Waals surface area contributed by atoms with Gasteiger partial charge in [-0.3, -0.25) is 0 Å². The number of likely N-dealkylation sites (N-methyl/N-ethyl adjacent to an activating group) is 1. The Morgan fingerprint density at radius 2 is 1.89 bits per heavy atom. The van der Waals surface area contributed by atoms with Crippen LogP contribution in [0.3, 0.4) is 0 Å². The van der Waals surface area contributed by atoms with E-state index in [0.717, 1.165) is 13.0 Å². The summed E-state index contributed by atoms with van der Waals surface area (Å²) in [5.41, 5.74) is 2.73. The summed E-state index contributed by atoms with van der Waals surface area (Å²) in [6, 6.07) is 9.25. The molecule has 2 unspecified atom stereocenters. The highest BCUT2D eigenvalue weighted by atomic mass is 16.5. The zero-order valence-corrected chi connectivity index (χ0v) is 12.5. The summed E-state index contributed by atoms with van der Waals surface area (Å²) in [5.74, 6) is 0. The fourth-order valence-corrected chi connectivity index (χ4v) is 2.62. The highest BCUT2D eigenvalue weighted by molar-refractivity contribution is 5.25. The molecule has 0 bridgehead atoms. The summed E-state index contributed by atoms with van der Waals surface area (Å²) in [7, 11) is 0. The zero-order chi connectivity index (χ0) is 13.7. The molecule has 1 aliphatic carbocycles. The maximum atomic E-state index is 6.15. The van der Waals surface area contributed by atoms with Crippen LogP contribution in [-0.2, 0) is 11.2 Å². The number of hydrogen-bond acceptors (Lipinski definition) is 2. The van der Waals surface area contributed by atoms with Crippen LogP contribution in [0.5, 0.6) is 0 Å². The molecule has 0 saturated heterocycles. The standard InChI is InChI=1S/C17H27NO/c1-4-14-9-11-15(12-10-14)17(18-5-2)13(3)19-16-7-6-8-16/h9-13,16-18H,4-8H2,1-3H3. The first-order valence-corrected chi connectivity index (χ1v) is 7.72. The molecule has 2 rings (SSSR count). The molecule has 2 heteroatoms. The van der Waals surface area contributed by atoms with E-state index in [2.05, 4.69) is 50.4 Å². The monoisotopic (exact) mass is 261 g/mol. The highest BCUT2D eigenvalue weighted by Crippen LogP contribution is 2.28. The average molecular weight is 261 g/mol. The molecule has 19 heavy (non-hydrogen) atoms. The van der Waals surface area contributed by atoms with Crippen molar-refractivity contribution in [3.63, 3.8) is 0 Å². The van der Waals surface area contributed by atoms with Crippen LogP contribution in [0.1, 0.15) is 57.2 Å². The van der Waals surface area contributed by atoms with E-state index in [-0.39, 0.29) is 6.10 Å². The Hall–Kier alpha value is -0.860. The van der Waals surface area contributed by atoms with Gasteiger partial charge in [-0.2, -0.15) is 0 Å². The molecule has 0 amide bonds. The van der Waals surface area contributed by atoms with Crippen LogP contribution >= 0.6 is 0 Å². The highest BCUT2D eigenvalue weighted by Gasteiger charge is 2.25. The van der Waals surface area contributed by atoms with Gasteiger partial charge in [-0.05, 0) is 50.3 Å². The van der Waals surface area contributed by atoms with Gasteiger partial charge in [0.25, 0.3) is 0 Å². The Bertz CT molecular complexity index is 369. The predicted molar refractivity (Wildman–Crippen MR) is 80.4 cm³/mol. The summed E-state index contributed by atoms with van der Waals surface area (Å²) >= 11 is 0. The molecule has 0 aliphatic heterocycles. The van der Waals surface area contributed by atoms with E-state index in [0.29, 0.717) is 12.1 Å². The molecule has 1 aromatic carbocycles. The second-order valence-corrected chi connectivity index (χ2v) is 5.52. The van der Waals surface area contributed by atoms with Crippen LogP contribution in [0.25, 0.3) is 0 Å². The van der Waals surface area contributed by atoms with Crippen LogP contribution in [0.2, 0.25) is 0 Å². The van der Waals surface area contributed by atoms with Crippen molar-refractivity contribution in [3.8, 4) is 0 Å². The fourth-order valence-electron chi connectivity index (χ4n) is 2.62. The number of nitrogens with one attached hydrogen (secondary N) is 1. The number of ether oxygens (including phenoxy) is 1. The lowest BCUT2D eigenvalue weighted by Gasteiger charge is -2.33. The van der Waals surface area contributed by atoms with E-state index in [4.69, 9.17) is 4.74 Å². The van der Waals surface area contributed by atoms with Crippen LogP contribution in [0, 0.1) is 0 Å². The topological polar surface area (TPSA) is 21.3 Å². The molecular formula is C17H27NO. The zero-order valence-electron chi connectivity index (χ0n) is 12.5. The lowest BCUT2D eigenvalue weighted by atomic mass is 9.95. The average Bonchev–Trinajstić information content (AvgIpc) is 2.40. The number of rotatable bonds is 7. The summed E-state index contributed by atoms with van der Waals surface area (Å²) in [6.45, 7) is 7.51. The second kappa shape index (κ2) is 7.06. The fraction of sp³-hybridized carbons (Fsp3) is 0.647. The minimum Gasteiger partial charge on any atom is -0.373 e. The third-order valence-corrected chi connectivity index (χ3v) is 4.10. The summed E-state index contributed by atoms with van der Waals surface area (Å²) in [4.78, 5) is 0. The third kappa shape index (κ3) is 3.80. The molecule has 1 saturated carbocycles. The van der Waals surface area contributed by atoms with Gasteiger partial charge in [0, 0.05) is 0 Å². The molecule has 2 nitrogen and oxygen atoms in total. The first-order valence-electron chi connectivity index (χ1n) is 7.72. The van der Waals surface area contributed by atoms with Crippen LogP contribution in [0.15, 0.2) is 24.3 Å². The van der Waals surface area contributed by atoms with Crippen molar-refractivity contribution in [2.24, 2.45) is 0 Å². The van der Waals surface area contributed by atoms with Crippen molar-refractivity contribution >= 4 is 0 Å². The Morgan fingerprint density at radius 3 is 2.37 bits per heavy atom. The molecule has 1 aromatic rings. The second-order valence-electron chi connectivity index (χ2n) is 5.52. The van der Waals surface area contributed by atoms with Crippen molar-refractivity contribution in [1.29, 1.82) is 0 Å². The van der Waals surface area contributed by atoms with E-state index in [1.807, 2.05) is 0 Å². The van der Waals surface area contributed by atoms with E-state index in [1.54, 1.807) is 0 Å². The molecule has 1 fully saturated rings. The third-order valence-electron chi connectivity index (χ3n) is 4.10. The van der Waals surface area contributed by atoms with Gasteiger partial charge in [0.05, 0.1) is 18.2 Å². The predicted octanol–water partition coefficient (Wildman–Crippen LogP) is 3.86. The molecule has 1 aliphatic rings. The Balaban J connectivity index is 2.03. The first kappa shape index (κ1) is 14.5. The van der Waals surface area contributed by atoms with Crippen molar-refractivity contribution in [1.82, 2.24) is 5.32 Å². The van der Waals surface area contributed by atoms with Gasteiger partial charge in [-0.25, -0.2) is 0 Å². The molecule has 0 radical (unpaired) electrons. The van der Waals surface area contributed by atoms with Gasteiger partial charge in [0.1, 0.15) is 0 Å². The SMILES string of the molecule is CCNC(c1ccc(CC)cc1)C(C)OC1CCC1. The molecule has 0 heterocycles. The van der Waals surface area contributed by atoms with Gasteiger partial charge in [-0.1, -0.05) is 38.1 Å². The normalized spacial score (nSPS) is 18.9. The smallest absolute Gasteiger partial charge is 0.0745 e. The van der Waals surface area contributed by atoms with E-state index in [9.17, 15) is 0 Å². The Labute approximate surface area is 117 Å². The van der Waals surface area contributed by atoms with Gasteiger partial charge in [0.2, 0.25) is 0 Å². The van der Waals surface area contributed by atoms with E-state index >= 15 is 0 Å². The van der Waals surface area contributed by atoms with Crippen molar-refractivity contribution in [3.05, 3.63) is 35.4 Å². The number of benzene rings is 1. The van der Waals surface area contributed by atoms with Crippen LogP contribution in [0.4, 0.5) is 0 Å². The van der Waals surface area contributed by atoms with Gasteiger partial charge in [0.15, 0.2) is 0 Å². The van der Waals surface area contributed by atoms with E-state index < -0.39 is 0 Å². The molecule has 0 spiro atoms. The molecule has 0 aromatic heterocycles. The molecule has 1 N–H and O–H groups in total. The number of hydrogen-bond donors (Lipinski definition) is 1. The number of aryl methyl sites for hydroxylation is 1. The van der Waals surface area contributed by atoms with Crippen molar-refractivity contribution in [2.45, 2.75) is 64.7 Å². The Kier molecular flexibility index (Phi) is 5.41. The lowest BCUT2D eigenvalue weighted by Crippen LogP contribution is -2.36. The molecule has 2 atom stereocenters.